The van der Waals surface area contributed by atoms with Gasteiger partial charge >= 0.3 is 24.7 Å². The number of para-hydroxylation sites is 2. The molecule has 0 saturated heterocycles. The van der Waals surface area contributed by atoms with Crippen molar-refractivity contribution in [3.05, 3.63) is 399 Å². The van der Waals surface area contributed by atoms with Crippen molar-refractivity contribution in [3.63, 3.8) is 0 Å². The Morgan fingerprint density at radius 2 is 0.570 bits per heavy atom. The molecule has 21 rings (SSSR count). The molecule has 0 amide bonds. The van der Waals surface area contributed by atoms with Crippen LogP contribution in [0.1, 0.15) is 107 Å². The van der Waals surface area contributed by atoms with Crippen molar-refractivity contribution in [3.8, 4) is 40.4 Å². The smallest absolute Gasteiger partial charge is 0.411 e. The summed E-state index contributed by atoms with van der Waals surface area (Å²) in [6, 6.07) is 73.8. The van der Waals surface area contributed by atoms with Crippen molar-refractivity contribution in [2.75, 3.05) is 81.4 Å². The molecule has 3 aromatic heterocycles. The zero-order valence-electron chi connectivity index (χ0n) is 77.4. The third-order valence-electron chi connectivity index (χ3n) is 25.2. The Labute approximate surface area is 809 Å². The van der Waals surface area contributed by atoms with Crippen LogP contribution in [0.15, 0.2) is 304 Å². The molecule has 736 valence electrons. The average molecular weight is 1960 g/mol. The largest absolute Gasteiger partial charge is 0.473 e. The number of ether oxygens (including phenoxy) is 7. The Hall–Kier alpha value is -15.1. The van der Waals surface area contributed by atoms with Gasteiger partial charge in [0.05, 0.1) is 13.1 Å². The van der Waals surface area contributed by atoms with Crippen LogP contribution in [0.2, 0.25) is 0 Å². The van der Waals surface area contributed by atoms with Crippen molar-refractivity contribution < 1.29 is 103 Å². The first-order valence-corrected chi connectivity index (χ1v) is 45.5. The van der Waals surface area contributed by atoms with E-state index >= 15 is 26.3 Å². The Kier molecular flexibility index (Phi) is 28.5. The molecule has 0 radical (unpaired) electrons. The van der Waals surface area contributed by atoms with Gasteiger partial charge in [0, 0.05) is 125 Å². The van der Waals surface area contributed by atoms with Gasteiger partial charge in [0.15, 0.2) is 58.8 Å². The number of fused-ring (bicyclic) bond motifs is 7. The minimum absolute atomic E-state index is 0.0762. The molecule has 0 bridgehead atoms. The van der Waals surface area contributed by atoms with Gasteiger partial charge in [-0.3, -0.25) is 0 Å². The van der Waals surface area contributed by atoms with Gasteiger partial charge in [-0.2, -0.15) is 52.7 Å². The Morgan fingerprint density at radius 1 is 0.268 bits per heavy atom. The first-order valence-electron chi connectivity index (χ1n) is 45.5. The molecular formula is C109H96F16N10O7. The minimum Gasteiger partial charge on any atom is -0.473 e. The van der Waals surface area contributed by atoms with E-state index in [0.717, 1.165) is 148 Å². The Balaban J connectivity index is 0.000000132. The maximum Gasteiger partial charge on any atom is 0.411 e. The predicted molar refractivity (Wildman–Crippen MR) is 508 cm³/mol. The lowest BCUT2D eigenvalue weighted by Gasteiger charge is -2.40. The van der Waals surface area contributed by atoms with Crippen LogP contribution in [-0.4, -0.2) is 86.8 Å². The molecule has 0 saturated carbocycles. The summed E-state index contributed by atoms with van der Waals surface area (Å²) < 4.78 is 273. The second-order valence-electron chi connectivity index (χ2n) is 36.3. The molecule has 10 heterocycles. The highest BCUT2D eigenvalue weighted by atomic mass is 19.4. The summed E-state index contributed by atoms with van der Waals surface area (Å²) in [6.07, 6.45) is -16.7. The lowest BCUT2D eigenvalue weighted by molar-refractivity contribution is -0.290. The molecule has 0 N–H and O–H groups in total. The van der Waals surface area contributed by atoms with Gasteiger partial charge in [0.2, 0.25) is 16.7 Å². The zero-order valence-corrected chi connectivity index (χ0v) is 77.4. The summed E-state index contributed by atoms with van der Waals surface area (Å²) in [5.41, 5.74) is -2.97. The number of pyridine rings is 3. The van der Waals surface area contributed by atoms with Crippen molar-refractivity contribution in [2.45, 2.75) is 128 Å². The molecule has 0 spiro atoms. The number of hydrogen-bond acceptors (Lipinski definition) is 17. The fraction of sp³-hybridized carbons (Fsp3) is 0.257. The summed E-state index contributed by atoms with van der Waals surface area (Å²) in [5, 5.41) is 0. The monoisotopic (exact) mass is 1960 g/mol. The quantitative estimate of drug-likeness (QED) is 0.102. The van der Waals surface area contributed by atoms with E-state index in [9.17, 15) is 43.9 Å². The van der Waals surface area contributed by atoms with Crippen LogP contribution >= 0.6 is 0 Å². The molecule has 33 heteroatoms. The van der Waals surface area contributed by atoms with Crippen LogP contribution in [0.5, 0.6) is 40.4 Å². The van der Waals surface area contributed by atoms with Crippen molar-refractivity contribution in [2.24, 2.45) is 5.92 Å². The van der Waals surface area contributed by atoms with E-state index in [1.807, 2.05) is 114 Å². The van der Waals surface area contributed by atoms with Crippen molar-refractivity contribution >= 4 is 40.1 Å². The van der Waals surface area contributed by atoms with E-state index in [1.54, 1.807) is 110 Å². The number of anilines is 7. The van der Waals surface area contributed by atoms with Crippen LogP contribution in [0.3, 0.4) is 0 Å². The Bertz CT molecular complexity index is 6580. The summed E-state index contributed by atoms with van der Waals surface area (Å²) in [4.78, 5) is 25.6. The standard InChI is InChI=1S/C39H40F6N2O2.C31H24F6N2O2.C14H10F3NO.C13H11FN2O.C12H11N3O/c1-25(2)18-26-6-12-32(13-7-26)46-21-27-19-30(10-16-34(27)48-23-46)37(38(40,41)42,39(43,44)45)31-11-17-35-28(20-31)22-47(24-49-35)33-14-8-29(9-15-33)36(3,4)5;32-30(33,34)29(31(35,36)37,23-11-13-27-21(15-23)17-38(19-40-27)25-7-3-1-4-8-25)24-12-14-28-22(16-24)18-39(20-41-28)26-9-5-2-6-10-26;15-10-1-3-11(4-2-10)18-7-9-5-12(16)13(17)6-14(9)19-8-18;14-11-4-5-12-10(7-11)8-16(9-17-12)13-3-1-2-6-15-13;1-2-6-13-11(5-1)15-8-10-4-3-7-14-12(10)16-9-15/h6-17,19-20,25H,18,21-24H2,1-5H3;1-16H,17-20H2;1-6H,7-8H2;1-7H,8-9H2;1-7H,8-9H2. The first kappa shape index (κ1) is 98.6. The second-order valence-corrected chi connectivity index (χ2v) is 36.3. The summed E-state index contributed by atoms with van der Waals surface area (Å²) >= 11 is 0. The fourth-order valence-electron chi connectivity index (χ4n) is 18.0. The van der Waals surface area contributed by atoms with Gasteiger partial charge in [-0.1, -0.05) is 138 Å². The third-order valence-corrected chi connectivity index (χ3v) is 25.2. The Morgan fingerprint density at radius 3 is 0.951 bits per heavy atom. The van der Waals surface area contributed by atoms with Crippen LogP contribution in [0.25, 0.3) is 0 Å². The van der Waals surface area contributed by atoms with Gasteiger partial charge in [0.25, 0.3) is 0 Å². The topological polar surface area (TPSA) is 126 Å². The fourth-order valence-corrected chi connectivity index (χ4v) is 18.0. The number of nitrogens with zero attached hydrogens (tertiary/aromatic N) is 10. The van der Waals surface area contributed by atoms with Gasteiger partial charge in [0.1, 0.15) is 57.8 Å². The van der Waals surface area contributed by atoms with Crippen LogP contribution in [0.4, 0.5) is 110 Å². The summed E-state index contributed by atoms with van der Waals surface area (Å²) in [5.74, 6) is 2.66. The number of aromatic nitrogens is 3. The lowest BCUT2D eigenvalue weighted by Crippen LogP contribution is -2.55. The van der Waals surface area contributed by atoms with Crippen molar-refractivity contribution in [1.29, 1.82) is 0 Å². The lowest BCUT2D eigenvalue weighted by atomic mass is 9.72. The highest BCUT2D eigenvalue weighted by molar-refractivity contribution is 5.62. The maximum absolute atomic E-state index is 15.2. The van der Waals surface area contributed by atoms with Gasteiger partial charge < -0.3 is 67.5 Å². The van der Waals surface area contributed by atoms with E-state index in [2.05, 4.69) is 54.5 Å². The molecule has 7 aliphatic rings. The first-order chi connectivity index (χ1) is 67.9. The second kappa shape index (κ2) is 41.0. The predicted octanol–water partition coefficient (Wildman–Crippen LogP) is 26.0. The van der Waals surface area contributed by atoms with E-state index in [-0.39, 0.29) is 122 Å². The van der Waals surface area contributed by atoms with E-state index in [4.69, 9.17) is 33.2 Å². The van der Waals surface area contributed by atoms with Crippen LogP contribution in [0, 0.1) is 29.2 Å². The summed E-state index contributed by atoms with van der Waals surface area (Å²) in [7, 11) is 0. The molecular weight excluding hydrogens is 1870 g/mol. The number of rotatable bonds is 13. The van der Waals surface area contributed by atoms with Crippen LogP contribution < -0.4 is 67.5 Å². The molecule has 17 nitrogen and oxygen atoms in total. The normalized spacial score (nSPS) is 14.9. The molecule has 142 heavy (non-hydrogen) atoms. The number of halogens is 16. The maximum atomic E-state index is 15.2. The third kappa shape index (κ3) is 21.3. The number of benzene rings is 11. The highest BCUT2D eigenvalue weighted by Crippen LogP contribution is 2.60. The average Bonchev–Trinajstić information content (AvgIpc) is 0.711. The molecule has 0 atom stereocenters. The zero-order chi connectivity index (χ0) is 100. The molecule has 0 aliphatic carbocycles. The van der Waals surface area contributed by atoms with Gasteiger partial charge in [-0.15, -0.1) is 0 Å². The molecule has 14 aromatic rings. The number of alkyl halides is 12. The van der Waals surface area contributed by atoms with Gasteiger partial charge in [-0.05, 0) is 227 Å². The van der Waals surface area contributed by atoms with Crippen molar-refractivity contribution in [1.82, 2.24) is 15.0 Å². The molecule has 0 unspecified atom stereocenters. The highest BCUT2D eigenvalue weighted by Gasteiger charge is 2.74. The molecule has 11 aromatic carbocycles. The number of hydrogen-bond donors (Lipinski definition) is 0. The van der Waals surface area contributed by atoms with E-state index in [0.29, 0.717) is 43.8 Å². The minimum atomic E-state index is -5.73. The molecule has 7 aliphatic heterocycles. The SMILES string of the molecule is CC(C)Cc1ccc(N2COc3ccc(C(c4ccc5c(c4)CN(c4ccc(C(C)(C)C)cc4)CO5)(C(F)(F)F)C(F)(F)F)cc3C2)cc1.FC(F)(F)C(c1ccc2c(c1)CN(c1ccccc1)CO2)(c1ccc2c(c1)CN(c1ccccc1)CO2)C(F)(F)F.Fc1ccc(N2COc3cc(F)c(F)cc3C2)cc1.Fc1ccc2c(c1)CN(c1ccccn1)CO2.c1ccc(N2COc3ncccc3C2)nc1. The van der Waals surface area contributed by atoms with Crippen LogP contribution in [-0.2, 0) is 68.5 Å². The van der Waals surface area contributed by atoms with Gasteiger partial charge in [-0.25, -0.2) is 32.5 Å². The van der Waals surface area contributed by atoms with E-state index in [1.165, 1.54) is 48.5 Å². The molecule has 0 fully saturated rings. The summed E-state index contributed by atoms with van der Waals surface area (Å²) in [6.45, 7) is 14.2. The van der Waals surface area contributed by atoms with E-state index < -0.39 is 69.4 Å².